The second-order valence-electron chi connectivity index (χ2n) is 6.73. The van der Waals surface area contributed by atoms with E-state index < -0.39 is 0 Å². The van der Waals surface area contributed by atoms with Crippen LogP contribution in [0.25, 0.3) is 0 Å². The van der Waals surface area contributed by atoms with Crippen LogP contribution in [0, 0.1) is 5.92 Å². The molecule has 0 aromatic carbocycles. The van der Waals surface area contributed by atoms with Gasteiger partial charge in [-0.3, -0.25) is 0 Å². The Morgan fingerprint density at radius 2 is 2.18 bits per heavy atom. The average Bonchev–Trinajstić information content (AvgIpc) is 3.14. The Labute approximate surface area is 132 Å². The number of hydrogen-bond donors (Lipinski definition) is 0. The fourth-order valence-electron chi connectivity index (χ4n) is 3.26. The van der Waals surface area contributed by atoms with Gasteiger partial charge in [-0.25, -0.2) is 4.68 Å². The standard InChI is InChI=1S/C16H27N3O3/c1-4-14-11-21-16(22-14)7-5-13(6-8-16)10-20-15-9-17-18-19(15)12(2)3/h9,12-14H,4-8,10-11H2,1-3H3. The van der Waals surface area contributed by atoms with Crippen LogP contribution in [0.5, 0.6) is 5.88 Å². The van der Waals surface area contributed by atoms with E-state index in [-0.39, 0.29) is 17.9 Å². The normalized spacial score (nSPS) is 32.0. The third-order valence-electron chi connectivity index (χ3n) is 4.73. The van der Waals surface area contributed by atoms with E-state index in [1.165, 1.54) is 0 Å². The van der Waals surface area contributed by atoms with E-state index in [0.717, 1.165) is 44.6 Å². The van der Waals surface area contributed by atoms with Crippen LogP contribution >= 0.6 is 0 Å². The molecule has 1 aliphatic carbocycles. The molecule has 6 nitrogen and oxygen atoms in total. The van der Waals surface area contributed by atoms with E-state index in [4.69, 9.17) is 14.2 Å². The highest BCUT2D eigenvalue weighted by Gasteiger charge is 2.43. The molecule has 2 heterocycles. The summed E-state index contributed by atoms with van der Waals surface area (Å²) in [6.07, 6.45) is 7.11. The smallest absolute Gasteiger partial charge is 0.232 e. The molecule has 0 N–H and O–H groups in total. The van der Waals surface area contributed by atoms with E-state index in [9.17, 15) is 0 Å². The zero-order chi connectivity index (χ0) is 15.6. The van der Waals surface area contributed by atoms with Gasteiger partial charge in [0.2, 0.25) is 5.88 Å². The lowest BCUT2D eigenvalue weighted by atomic mass is 9.85. The van der Waals surface area contributed by atoms with E-state index in [2.05, 4.69) is 31.1 Å². The molecule has 1 aromatic rings. The SMILES string of the molecule is CCC1COC2(CCC(COc3cnnn3C(C)C)CC2)O1. The van der Waals surface area contributed by atoms with E-state index in [1.54, 1.807) is 6.20 Å². The maximum Gasteiger partial charge on any atom is 0.232 e. The highest BCUT2D eigenvalue weighted by atomic mass is 16.7. The van der Waals surface area contributed by atoms with Crippen molar-refractivity contribution >= 4 is 0 Å². The van der Waals surface area contributed by atoms with Gasteiger partial charge >= 0.3 is 0 Å². The topological polar surface area (TPSA) is 58.4 Å². The number of nitrogens with zero attached hydrogens (tertiary/aromatic N) is 3. The number of rotatable bonds is 5. The molecule has 0 bridgehead atoms. The fraction of sp³-hybridized carbons (Fsp3) is 0.875. The maximum absolute atomic E-state index is 6.10. The molecular formula is C16H27N3O3. The van der Waals surface area contributed by atoms with Crippen molar-refractivity contribution in [3.63, 3.8) is 0 Å². The third kappa shape index (κ3) is 3.27. The number of hydrogen-bond acceptors (Lipinski definition) is 5. The second-order valence-corrected chi connectivity index (χ2v) is 6.73. The molecule has 1 aromatic heterocycles. The van der Waals surface area contributed by atoms with E-state index >= 15 is 0 Å². The summed E-state index contributed by atoms with van der Waals surface area (Å²) in [6, 6.07) is 0.262. The summed E-state index contributed by atoms with van der Waals surface area (Å²) in [4.78, 5) is 0. The molecule has 2 aliphatic rings. The Balaban J connectivity index is 1.47. The second kappa shape index (κ2) is 6.54. The zero-order valence-corrected chi connectivity index (χ0v) is 13.8. The molecule has 2 fully saturated rings. The largest absolute Gasteiger partial charge is 0.476 e. The van der Waals surface area contributed by atoms with Gasteiger partial charge in [0.25, 0.3) is 0 Å². The predicted molar refractivity (Wildman–Crippen MR) is 81.7 cm³/mol. The van der Waals surface area contributed by atoms with Crippen LogP contribution in [0.1, 0.15) is 58.9 Å². The monoisotopic (exact) mass is 309 g/mol. The summed E-state index contributed by atoms with van der Waals surface area (Å²) in [7, 11) is 0. The van der Waals surface area contributed by atoms with Crippen LogP contribution in [0.4, 0.5) is 0 Å². The first-order valence-corrected chi connectivity index (χ1v) is 8.46. The van der Waals surface area contributed by atoms with Crippen LogP contribution < -0.4 is 4.74 Å². The molecule has 1 unspecified atom stereocenters. The molecule has 1 saturated carbocycles. The van der Waals surface area contributed by atoms with Gasteiger partial charge in [-0.2, -0.15) is 0 Å². The Morgan fingerprint density at radius 1 is 1.41 bits per heavy atom. The van der Waals surface area contributed by atoms with Gasteiger partial charge in [-0.1, -0.05) is 12.1 Å². The molecule has 1 atom stereocenters. The summed E-state index contributed by atoms with van der Waals surface area (Å²) < 4.78 is 19.8. The lowest BCUT2D eigenvalue weighted by Crippen LogP contribution is -2.37. The predicted octanol–water partition coefficient (Wildman–Crippen LogP) is 2.95. The summed E-state index contributed by atoms with van der Waals surface area (Å²) in [5, 5.41) is 7.99. The van der Waals surface area contributed by atoms with Gasteiger partial charge in [0, 0.05) is 12.8 Å². The first-order valence-electron chi connectivity index (χ1n) is 8.46. The van der Waals surface area contributed by atoms with Crippen LogP contribution in [-0.4, -0.2) is 40.1 Å². The molecule has 6 heteroatoms. The Kier molecular flexibility index (Phi) is 4.68. The van der Waals surface area contributed by atoms with Crippen LogP contribution in [0.3, 0.4) is 0 Å². The van der Waals surface area contributed by atoms with Crippen molar-refractivity contribution in [1.82, 2.24) is 15.0 Å². The minimum atomic E-state index is -0.307. The van der Waals surface area contributed by atoms with Crippen molar-refractivity contribution in [1.29, 1.82) is 0 Å². The van der Waals surface area contributed by atoms with Gasteiger partial charge in [-0.15, -0.1) is 5.10 Å². The minimum absolute atomic E-state index is 0.262. The summed E-state index contributed by atoms with van der Waals surface area (Å²) in [5.74, 6) is 1.00. The van der Waals surface area contributed by atoms with Crippen molar-refractivity contribution in [2.45, 2.75) is 70.8 Å². The van der Waals surface area contributed by atoms with Crippen LogP contribution in [-0.2, 0) is 9.47 Å². The van der Waals surface area contributed by atoms with Gasteiger partial charge < -0.3 is 14.2 Å². The van der Waals surface area contributed by atoms with Crippen molar-refractivity contribution in [2.75, 3.05) is 13.2 Å². The van der Waals surface area contributed by atoms with Crippen molar-refractivity contribution in [2.24, 2.45) is 5.92 Å². The van der Waals surface area contributed by atoms with Crippen molar-refractivity contribution in [3.05, 3.63) is 6.20 Å². The summed E-state index contributed by atoms with van der Waals surface area (Å²) in [5.41, 5.74) is 0. The third-order valence-corrected chi connectivity index (χ3v) is 4.73. The first kappa shape index (κ1) is 15.7. The quantitative estimate of drug-likeness (QED) is 0.837. The minimum Gasteiger partial charge on any atom is -0.476 e. The Hall–Kier alpha value is -1.14. The molecule has 1 aliphatic heterocycles. The lowest BCUT2D eigenvalue weighted by Gasteiger charge is -2.35. The highest BCUT2D eigenvalue weighted by Crippen LogP contribution is 2.40. The molecular weight excluding hydrogens is 282 g/mol. The number of aromatic nitrogens is 3. The van der Waals surface area contributed by atoms with Gasteiger partial charge in [0.1, 0.15) is 6.20 Å². The summed E-state index contributed by atoms with van der Waals surface area (Å²) >= 11 is 0. The van der Waals surface area contributed by atoms with Gasteiger partial charge in [-0.05, 0) is 39.0 Å². The maximum atomic E-state index is 6.10. The highest BCUT2D eigenvalue weighted by molar-refractivity contribution is 5.02. The van der Waals surface area contributed by atoms with Crippen molar-refractivity contribution in [3.8, 4) is 5.88 Å². The van der Waals surface area contributed by atoms with Crippen molar-refractivity contribution < 1.29 is 14.2 Å². The number of ether oxygens (including phenoxy) is 3. The van der Waals surface area contributed by atoms with Crippen LogP contribution in [0.2, 0.25) is 0 Å². The lowest BCUT2D eigenvalue weighted by molar-refractivity contribution is -0.193. The Morgan fingerprint density at radius 3 is 2.82 bits per heavy atom. The molecule has 22 heavy (non-hydrogen) atoms. The molecule has 1 spiro atoms. The zero-order valence-electron chi connectivity index (χ0n) is 13.8. The molecule has 1 saturated heterocycles. The Bertz CT molecular complexity index is 481. The van der Waals surface area contributed by atoms with E-state index in [0.29, 0.717) is 12.5 Å². The van der Waals surface area contributed by atoms with Crippen LogP contribution in [0.15, 0.2) is 6.20 Å². The molecule has 0 radical (unpaired) electrons. The molecule has 124 valence electrons. The van der Waals surface area contributed by atoms with Gasteiger partial charge in [0.05, 0.1) is 25.4 Å². The van der Waals surface area contributed by atoms with E-state index in [1.807, 2.05) is 4.68 Å². The average molecular weight is 309 g/mol. The first-order chi connectivity index (χ1) is 10.6. The fourth-order valence-corrected chi connectivity index (χ4v) is 3.26. The molecule has 0 amide bonds. The summed E-state index contributed by atoms with van der Waals surface area (Å²) in [6.45, 7) is 7.76. The van der Waals surface area contributed by atoms with Gasteiger partial charge in [0.15, 0.2) is 5.79 Å². The molecule has 3 rings (SSSR count).